The molecular weight excluding hydrogens is 166 g/mol. The molecule has 1 N–H and O–H groups in total. The topological polar surface area (TPSA) is 38.3 Å². The lowest BCUT2D eigenvalue weighted by Gasteiger charge is -2.28. The SMILES string of the molecule is COC(=O)C(C)(C)NCC(C)(C)C. The number of methoxy groups -OCH3 is 1. The fourth-order valence-corrected chi connectivity index (χ4v) is 0.813. The van der Waals surface area contributed by atoms with Crippen molar-refractivity contribution in [3.05, 3.63) is 0 Å². The van der Waals surface area contributed by atoms with Crippen LogP contribution in [0.1, 0.15) is 34.6 Å². The molecule has 0 aromatic heterocycles. The summed E-state index contributed by atoms with van der Waals surface area (Å²) in [6, 6.07) is 0. The van der Waals surface area contributed by atoms with Gasteiger partial charge >= 0.3 is 5.97 Å². The normalized spacial score (nSPS) is 12.8. The minimum atomic E-state index is -0.595. The standard InChI is InChI=1S/C10H21NO2/c1-9(2,3)7-11-10(4,5)8(12)13-6/h11H,7H2,1-6H3. The van der Waals surface area contributed by atoms with Gasteiger partial charge in [0, 0.05) is 6.54 Å². The Morgan fingerprint density at radius 3 is 2.00 bits per heavy atom. The smallest absolute Gasteiger partial charge is 0.325 e. The summed E-state index contributed by atoms with van der Waals surface area (Å²) in [7, 11) is 1.41. The maximum atomic E-state index is 11.3. The number of carbonyl (C=O) groups excluding carboxylic acids is 1. The summed E-state index contributed by atoms with van der Waals surface area (Å²) < 4.78 is 4.68. The molecule has 13 heavy (non-hydrogen) atoms. The van der Waals surface area contributed by atoms with E-state index < -0.39 is 5.54 Å². The maximum absolute atomic E-state index is 11.3. The van der Waals surface area contributed by atoms with Crippen LogP contribution in [-0.4, -0.2) is 25.2 Å². The quantitative estimate of drug-likeness (QED) is 0.682. The van der Waals surface area contributed by atoms with Crippen LogP contribution in [0.3, 0.4) is 0 Å². The maximum Gasteiger partial charge on any atom is 0.325 e. The third kappa shape index (κ3) is 4.88. The second kappa shape index (κ2) is 4.09. The Hall–Kier alpha value is -0.570. The number of ether oxygens (including phenoxy) is 1. The molecule has 3 heteroatoms. The molecule has 0 aliphatic heterocycles. The largest absolute Gasteiger partial charge is 0.468 e. The Labute approximate surface area is 80.8 Å². The molecule has 0 aromatic carbocycles. The van der Waals surface area contributed by atoms with Gasteiger partial charge in [-0.3, -0.25) is 4.79 Å². The van der Waals surface area contributed by atoms with Crippen LogP contribution in [-0.2, 0) is 9.53 Å². The Bertz CT molecular complexity index is 180. The monoisotopic (exact) mass is 187 g/mol. The molecule has 0 rings (SSSR count). The van der Waals surface area contributed by atoms with Crippen molar-refractivity contribution < 1.29 is 9.53 Å². The van der Waals surface area contributed by atoms with Gasteiger partial charge < -0.3 is 10.1 Å². The third-order valence-corrected chi connectivity index (χ3v) is 1.76. The summed E-state index contributed by atoms with van der Waals surface area (Å²) in [6.45, 7) is 10.8. The molecule has 0 amide bonds. The van der Waals surface area contributed by atoms with E-state index in [0.717, 1.165) is 6.54 Å². The first-order chi connectivity index (χ1) is 5.69. The molecule has 0 bridgehead atoms. The molecule has 0 atom stereocenters. The number of rotatable bonds is 3. The summed E-state index contributed by atoms with van der Waals surface area (Å²) in [6.07, 6.45) is 0. The van der Waals surface area contributed by atoms with Gasteiger partial charge in [-0.1, -0.05) is 20.8 Å². The second-order valence-electron chi connectivity index (χ2n) is 5.03. The molecule has 0 aliphatic rings. The van der Waals surface area contributed by atoms with E-state index in [0.29, 0.717) is 0 Å². The molecule has 0 heterocycles. The molecule has 0 aromatic rings. The van der Waals surface area contributed by atoms with Gasteiger partial charge in [0.05, 0.1) is 7.11 Å². The Balaban J connectivity index is 4.11. The van der Waals surface area contributed by atoms with Crippen LogP contribution >= 0.6 is 0 Å². The van der Waals surface area contributed by atoms with Crippen LogP contribution < -0.4 is 5.32 Å². The van der Waals surface area contributed by atoms with E-state index in [2.05, 4.69) is 30.8 Å². The van der Waals surface area contributed by atoms with Crippen LogP contribution in [0, 0.1) is 5.41 Å². The lowest BCUT2D eigenvalue weighted by Crippen LogP contribution is -2.50. The zero-order valence-corrected chi connectivity index (χ0v) is 9.52. The fourth-order valence-electron chi connectivity index (χ4n) is 0.813. The van der Waals surface area contributed by atoms with E-state index in [1.807, 2.05) is 13.8 Å². The number of hydrogen-bond donors (Lipinski definition) is 1. The van der Waals surface area contributed by atoms with Crippen LogP contribution in [0.2, 0.25) is 0 Å². The lowest BCUT2D eigenvalue weighted by atomic mass is 9.94. The van der Waals surface area contributed by atoms with Crippen molar-refractivity contribution in [3.63, 3.8) is 0 Å². The van der Waals surface area contributed by atoms with Gasteiger partial charge in [0.1, 0.15) is 5.54 Å². The number of carbonyl (C=O) groups is 1. The average Bonchev–Trinajstić information content (AvgIpc) is 1.98. The Morgan fingerprint density at radius 1 is 1.23 bits per heavy atom. The molecule has 78 valence electrons. The summed E-state index contributed by atoms with van der Waals surface area (Å²) in [5.41, 5.74) is -0.423. The van der Waals surface area contributed by atoms with Crippen molar-refractivity contribution in [2.45, 2.75) is 40.2 Å². The first-order valence-corrected chi connectivity index (χ1v) is 4.52. The molecule has 0 saturated heterocycles. The minimum Gasteiger partial charge on any atom is -0.468 e. The molecule has 0 fully saturated rings. The van der Waals surface area contributed by atoms with Crippen molar-refractivity contribution in [1.29, 1.82) is 0 Å². The highest BCUT2D eigenvalue weighted by atomic mass is 16.5. The average molecular weight is 187 g/mol. The molecule has 0 spiro atoms. The van der Waals surface area contributed by atoms with Gasteiger partial charge in [-0.2, -0.15) is 0 Å². The van der Waals surface area contributed by atoms with Gasteiger partial charge in [0.25, 0.3) is 0 Å². The summed E-state index contributed by atoms with van der Waals surface area (Å²) in [5.74, 6) is -0.225. The number of hydrogen-bond acceptors (Lipinski definition) is 3. The van der Waals surface area contributed by atoms with Crippen molar-refractivity contribution in [1.82, 2.24) is 5.32 Å². The highest BCUT2D eigenvalue weighted by Gasteiger charge is 2.29. The van der Waals surface area contributed by atoms with Crippen molar-refractivity contribution in [2.75, 3.05) is 13.7 Å². The lowest BCUT2D eigenvalue weighted by molar-refractivity contribution is -0.147. The van der Waals surface area contributed by atoms with Gasteiger partial charge in [0.15, 0.2) is 0 Å². The highest BCUT2D eigenvalue weighted by Crippen LogP contribution is 2.13. The van der Waals surface area contributed by atoms with E-state index in [-0.39, 0.29) is 11.4 Å². The Kier molecular flexibility index (Phi) is 3.91. The van der Waals surface area contributed by atoms with E-state index in [9.17, 15) is 4.79 Å². The minimum absolute atomic E-state index is 0.172. The molecule has 3 nitrogen and oxygen atoms in total. The van der Waals surface area contributed by atoms with Crippen LogP contribution in [0.25, 0.3) is 0 Å². The highest BCUT2D eigenvalue weighted by molar-refractivity contribution is 5.79. The molecule has 0 radical (unpaired) electrons. The summed E-state index contributed by atoms with van der Waals surface area (Å²) in [5, 5.41) is 3.18. The van der Waals surface area contributed by atoms with Crippen molar-refractivity contribution in [3.8, 4) is 0 Å². The third-order valence-electron chi connectivity index (χ3n) is 1.76. The van der Waals surface area contributed by atoms with Crippen LogP contribution in [0.5, 0.6) is 0 Å². The van der Waals surface area contributed by atoms with Crippen LogP contribution in [0.4, 0.5) is 0 Å². The van der Waals surface area contributed by atoms with E-state index >= 15 is 0 Å². The number of esters is 1. The van der Waals surface area contributed by atoms with Gasteiger partial charge in [-0.15, -0.1) is 0 Å². The first kappa shape index (κ1) is 12.4. The molecule has 0 unspecified atom stereocenters. The Morgan fingerprint density at radius 2 is 1.69 bits per heavy atom. The second-order valence-corrected chi connectivity index (χ2v) is 5.03. The van der Waals surface area contributed by atoms with Gasteiger partial charge in [0.2, 0.25) is 0 Å². The predicted molar refractivity (Wildman–Crippen MR) is 53.6 cm³/mol. The van der Waals surface area contributed by atoms with Gasteiger partial charge in [-0.05, 0) is 19.3 Å². The fraction of sp³-hybridized carbons (Fsp3) is 0.900. The first-order valence-electron chi connectivity index (χ1n) is 4.52. The molecule has 0 saturated carbocycles. The van der Waals surface area contributed by atoms with Crippen molar-refractivity contribution in [2.24, 2.45) is 5.41 Å². The van der Waals surface area contributed by atoms with E-state index in [4.69, 9.17) is 0 Å². The zero-order chi connectivity index (χ0) is 10.7. The summed E-state index contributed by atoms with van der Waals surface area (Å²) in [4.78, 5) is 11.3. The van der Waals surface area contributed by atoms with E-state index in [1.165, 1.54) is 7.11 Å². The number of nitrogens with one attached hydrogen (secondary N) is 1. The molecule has 0 aliphatic carbocycles. The van der Waals surface area contributed by atoms with Crippen LogP contribution in [0.15, 0.2) is 0 Å². The van der Waals surface area contributed by atoms with Crippen molar-refractivity contribution >= 4 is 5.97 Å². The summed E-state index contributed by atoms with van der Waals surface area (Å²) >= 11 is 0. The zero-order valence-electron chi connectivity index (χ0n) is 9.52. The molecular formula is C10H21NO2. The predicted octanol–water partition coefficient (Wildman–Crippen LogP) is 1.57. The van der Waals surface area contributed by atoms with E-state index in [1.54, 1.807) is 0 Å². The van der Waals surface area contributed by atoms with Gasteiger partial charge in [-0.25, -0.2) is 0 Å².